The van der Waals surface area contributed by atoms with E-state index in [-0.39, 0.29) is 5.41 Å². The Morgan fingerprint density at radius 2 is 0.880 bits per heavy atom. The van der Waals surface area contributed by atoms with Crippen molar-refractivity contribution in [3.8, 4) is 0 Å². The van der Waals surface area contributed by atoms with E-state index in [1.54, 1.807) is 0 Å². The highest BCUT2D eigenvalue weighted by molar-refractivity contribution is 6.06. The van der Waals surface area contributed by atoms with E-state index in [2.05, 4.69) is 174 Å². The molecule has 1 spiro atoms. The highest BCUT2D eigenvalue weighted by Crippen LogP contribution is 2.59. The highest BCUT2D eigenvalue weighted by atomic mass is 16.3. The maximum absolute atomic E-state index is 6.27. The number of anilines is 6. The second-order valence-electron chi connectivity index (χ2n) is 13.7. The molecule has 0 radical (unpaired) electrons. The van der Waals surface area contributed by atoms with Crippen molar-refractivity contribution in [2.75, 3.05) is 9.80 Å². The topological polar surface area (TPSA) is 19.6 Å². The van der Waals surface area contributed by atoms with Gasteiger partial charge in [-0.3, -0.25) is 0 Å². The molecule has 7 aromatic carbocycles. The van der Waals surface area contributed by atoms with Crippen LogP contribution in [0.15, 0.2) is 174 Å². The van der Waals surface area contributed by atoms with Gasteiger partial charge in [-0.05, 0) is 121 Å². The fraction of sp³-hybridized carbons (Fsp3) is 0.106. The van der Waals surface area contributed by atoms with Gasteiger partial charge in [0.1, 0.15) is 11.2 Å². The molecule has 10 rings (SSSR count). The van der Waals surface area contributed by atoms with Crippen molar-refractivity contribution in [1.82, 2.24) is 0 Å². The molecule has 50 heavy (non-hydrogen) atoms. The lowest BCUT2D eigenvalue weighted by Gasteiger charge is -2.37. The third-order valence-corrected chi connectivity index (χ3v) is 11.0. The molecule has 1 atom stereocenters. The van der Waals surface area contributed by atoms with Gasteiger partial charge in [-0.2, -0.15) is 0 Å². The summed E-state index contributed by atoms with van der Waals surface area (Å²) >= 11 is 0. The molecular formula is C47H36N2O. The molecule has 240 valence electrons. The Kier molecular flexibility index (Phi) is 6.67. The number of furan rings is 1. The SMILES string of the molecule is c1ccc(N(c2ccccc2)c2cccc3c2[C@@]2(CC3)CCc3cccc(N(c4ccccc4)c4ccc5oc6ccccc6c5c4)c32)cc1. The Balaban J connectivity index is 1.21. The Morgan fingerprint density at radius 3 is 1.44 bits per heavy atom. The minimum atomic E-state index is -0.126. The van der Waals surface area contributed by atoms with Crippen LogP contribution in [0.5, 0.6) is 0 Å². The van der Waals surface area contributed by atoms with Crippen molar-refractivity contribution in [1.29, 1.82) is 0 Å². The summed E-state index contributed by atoms with van der Waals surface area (Å²) in [6.07, 6.45) is 4.30. The average Bonchev–Trinajstić information content (AvgIpc) is 3.87. The first-order chi connectivity index (χ1) is 24.8. The summed E-state index contributed by atoms with van der Waals surface area (Å²) in [5, 5.41) is 2.28. The van der Waals surface area contributed by atoms with Crippen LogP contribution < -0.4 is 9.80 Å². The van der Waals surface area contributed by atoms with Gasteiger partial charge in [0.05, 0.1) is 11.4 Å². The molecule has 0 unspecified atom stereocenters. The third-order valence-electron chi connectivity index (χ3n) is 11.0. The van der Waals surface area contributed by atoms with E-state index >= 15 is 0 Å². The molecule has 1 aromatic heterocycles. The Hall–Kier alpha value is -6.06. The molecule has 0 saturated heterocycles. The molecule has 0 aliphatic heterocycles. The number of fused-ring (bicyclic) bond motifs is 7. The fourth-order valence-electron chi connectivity index (χ4n) is 8.95. The van der Waals surface area contributed by atoms with E-state index in [9.17, 15) is 0 Å². The summed E-state index contributed by atoms with van der Waals surface area (Å²) in [5.74, 6) is 0. The van der Waals surface area contributed by atoms with Gasteiger partial charge in [-0.15, -0.1) is 0 Å². The molecule has 2 aliphatic rings. The van der Waals surface area contributed by atoms with Gasteiger partial charge in [-0.25, -0.2) is 0 Å². The lowest BCUT2D eigenvalue weighted by molar-refractivity contribution is 0.508. The normalized spacial score (nSPS) is 16.2. The Morgan fingerprint density at radius 1 is 0.400 bits per heavy atom. The van der Waals surface area contributed by atoms with Crippen molar-refractivity contribution >= 4 is 56.1 Å². The van der Waals surface area contributed by atoms with Crippen molar-refractivity contribution < 1.29 is 4.42 Å². The molecule has 0 amide bonds. The van der Waals surface area contributed by atoms with Crippen LogP contribution in [0.3, 0.4) is 0 Å². The number of nitrogens with zero attached hydrogens (tertiary/aromatic N) is 2. The monoisotopic (exact) mass is 644 g/mol. The molecule has 0 fully saturated rings. The van der Waals surface area contributed by atoms with Crippen molar-refractivity contribution in [3.05, 3.63) is 192 Å². The number of aryl methyl sites for hydroxylation is 2. The molecule has 2 aliphatic carbocycles. The van der Waals surface area contributed by atoms with E-state index in [1.807, 2.05) is 6.07 Å². The summed E-state index contributed by atoms with van der Waals surface area (Å²) in [6.45, 7) is 0. The van der Waals surface area contributed by atoms with E-state index < -0.39 is 0 Å². The van der Waals surface area contributed by atoms with Crippen LogP contribution in [0.2, 0.25) is 0 Å². The van der Waals surface area contributed by atoms with Gasteiger partial charge in [-0.1, -0.05) is 97.1 Å². The standard InChI is InChI=1S/C47H36N2O/c1-4-16-35(17-5-1)48(36-18-6-2-7-19-36)41-23-12-14-33-28-30-47(45(33)41)31-29-34-15-13-24-42(46(34)47)49(37-20-8-3-9-21-37)38-26-27-44-40(32-38)39-22-10-11-25-43(39)50-44/h1-27,32H,28-31H2/t47-/m1/s1. The molecule has 3 nitrogen and oxygen atoms in total. The third kappa shape index (κ3) is 4.43. The molecule has 8 aromatic rings. The summed E-state index contributed by atoms with van der Waals surface area (Å²) in [6, 6.07) is 61.6. The maximum atomic E-state index is 6.27. The first-order valence-electron chi connectivity index (χ1n) is 17.7. The van der Waals surface area contributed by atoms with Gasteiger partial charge in [0, 0.05) is 38.9 Å². The summed E-state index contributed by atoms with van der Waals surface area (Å²) in [7, 11) is 0. The van der Waals surface area contributed by atoms with Crippen LogP contribution in [-0.4, -0.2) is 0 Å². The average molecular weight is 645 g/mol. The van der Waals surface area contributed by atoms with Gasteiger partial charge < -0.3 is 14.2 Å². The second-order valence-corrected chi connectivity index (χ2v) is 13.7. The minimum absolute atomic E-state index is 0.126. The van der Waals surface area contributed by atoms with Crippen LogP contribution in [0.25, 0.3) is 21.9 Å². The van der Waals surface area contributed by atoms with Crippen LogP contribution >= 0.6 is 0 Å². The first kappa shape index (κ1) is 28.9. The zero-order chi connectivity index (χ0) is 33.1. The van der Waals surface area contributed by atoms with Gasteiger partial charge in [0.2, 0.25) is 0 Å². The quantitative estimate of drug-likeness (QED) is 0.180. The predicted molar refractivity (Wildman–Crippen MR) is 207 cm³/mol. The number of hydrogen-bond donors (Lipinski definition) is 0. The Bertz CT molecular complexity index is 2460. The molecule has 0 bridgehead atoms. The van der Waals surface area contributed by atoms with Gasteiger partial charge in [0.25, 0.3) is 0 Å². The summed E-state index contributed by atoms with van der Waals surface area (Å²) < 4.78 is 6.27. The van der Waals surface area contributed by atoms with Gasteiger partial charge >= 0.3 is 0 Å². The molecule has 0 saturated carbocycles. The predicted octanol–water partition coefficient (Wildman–Crippen LogP) is 12.7. The van der Waals surface area contributed by atoms with Crippen molar-refractivity contribution in [3.63, 3.8) is 0 Å². The van der Waals surface area contributed by atoms with E-state index in [1.165, 1.54) is 45.0 Å². The van der Waals surface area contributed by atoms with Crippen LogP contribution in [0.1, 0.15) is 35.1 Å². The van der Waals surface area contributed by atoms with Crippen molar-refractivity contribution in [2.24, 2.45) is 0 Å². The van der Waals surface area contributed by atoms with Crippen LogP contribution in [0.4, 0.5) is 34.1 Å². The number of hydrogen-bond acceptors (Lipinski definition) is 3. The van der Waals surface area contributed by atoms with E-state index in [0.29, 0.717) is 0 Å². The summed E-state index contributed by atoms with van der Waals surface area (Å²) in [5.41, 5.74) is 14.7. The smallest absolute Gasteiger partial charge is 0.135 e. The van der Waals surface area contributed by atoms with Crippen LogP contribution in [-0.2, 0) is 18.3 Å². The number of benzene rings is 7. The van der Waals surface area contributed by atoms with Crippen LogP contribution in [0, 0.1) is 0 Å². The molecule has 3 heteroatoms. The largest absolute Gasteiger partial charge is 0.456 e. The zero-order valence-electron chi connectivity index (χ0n) is 27.8. The molecule has 0 N–H and O–H groups in total. The minimum Gasteiger partial charge on any atom is -0.456 e. The maximum Gasteiger partial charge on any atom is 0.135 e. The molecular weight excluding hydrogens is 609 g/mol. The zero-order valence-corrected chi connectivity index (χ0v) is 27.8. The van der Waals surface area contributed by atoms with Crippen molar-refractivity contribution in [2.45, 2.75) is 31.1 Å². The Labute approximate surface area is 292 Å². The lowest BCUT2D eigenvalue weighted by atomic mass is 9.74. The number of para-hydroxylation sites is 4. The van der Waals surface area contributed by atoms with Gasteiger partial charge in [0.15, 0.2) is 0 Å². The second kappa shape index (κ2) is 11.5. The number of rotatable bonds is 6. The fourth-order valence-corrected chi connectivity index (χ4v) is 8.95. The summed E-state index contributed by atoms with van der Waals surface area (Å²) in [4.78, 5) is 4.96. The lowest BCUT2D eigenvalue weighted by Crippen LogP contribution is -2.27. The molecule has 1 heterocycles. The first-order valence-corrected chi connectivity index (χ1v) is 17.7. The highest BCUT2D eigenvalue weighted by Gasteiger charge is 2.49. The van der Waals surface area contributed by atoms with E-state index in [0.717, 1.165) is 59.0 Å². The van der Waals surface area contributed by atoms with E-state index in [4.69, 9.17) is 4.42 Å².